The van der Waals surface area contributed by atoms with E-state index in [1.54, 1.807) is 0 Å². The van der Waals surface area contributed by atoms with Crippen LogP contribution in [0.3, 0.4) is 0 Å². The van der Waals surface area contributed by atoms with Crippen molar-refractivity contribution in [3.8, 4) is 0 Å². The van der Waals surface area contributed by atoms with Gasteiger partial charge in [0.05, 0.1) is 5.02 Å². The van der Waals surface area contributed by atoms with Crippen molar-refractivity contribution in [3.05, 3.63) is 44.1 Å². The average molecular weight is 259 g/mol. The standard InChI is InChI=1S/C10H4ClFO3S/c11-6-2-8-4(1-7(6)12)9(13)5(3-16-8)10(14)15/h1-3H,(H,14,15). The fraction of sp³-hybridized carbons (Fsp3) is 0. The van der Waals surface area contributed by atoms with Gasteiger partial charge in [-0.2, -0.15) is 0 Å². The quantitative estimate of drug-likeness (QED) is 0.856. The molecule has 6 heteroatoms. The van der Waals surface area contributed by atoms with Gasteiger partial charge in [0.15, 0.2) is 0 Å². The molecule has 0 spiro atoms. The SMILES string of the molecule is O=C(O)c1csc2cc(Cl)c(F)cc2c1=O. The number of carboxylic acid groups (broad SMARTS) is 1. The molecule has 0 bridgehead atoms. The molecule has 2 rings (SSSR count). The predicted octanol–water partition coefficient (Wildman–Crippen LogP) is 2.75. The molecule has 0 unspecified atom stereocenters. The fourth-order valence-corrected chi connectivity index (χ4v) is 2.42. The first-order valence-corrected chi connectivity index (χ1v) is 5.40. The van der Waals surface area contributed by atoms with Crippen LogP contribution in [0.15, 0.2) is 22.3 Å². The molecule has 16 heavy (non-hydrogen) atoms. The zero-order valence-electron chi connectivity index (χ0n) is 7.66. The van der Waals surface area contributed by atoms with Crippen LogP contribution in [0.25, 0.3) is 10.1 Å². The number of aromatic carboxylic acids is 1. The van der Waals surface area contributed by atoms with E-state index in [1.807, 2.05) is 0 Å². The van der Waals surface area contributed by atoms with E-state index in [2.05, 4.69) is 0 Å². The monoisotopic (exact) mass is 258 g/mol. The molecular weight excluding hydrogens is 255 g/mol. The Labute approximate surface area is 97.7 Å². The first-order chi connectivity index (χ1) is 7.50. The molecule has 0 amide bonds. The van der Waals surface area contributed by atoms with Gasteiger partial charge in [0.25, 0.3) is 0 Å². The van der Waals surface area contributed by atoms with Gasteiger partial charge in [0.2, 0.25) is 5.43 Å². The zero-order chi connectivity index (χ0) is 11.9. The van der Waals surface area contributed by atoms with Crippen molar-refractivity contribution < 1.29 is 14.3 Å². The van der Waals surface area contributed by atoms with Gasteiger partial charge in [-0.15, -0.1) is 11.3 Å². The predicted molar refractivity (Wildman–Crippen MR) is 60.0 cm³/mol. The summed E-state index contributed by atoms with van der Waals surface area (Å²) in [6.07, 6.45) is 0. The molecular formula is C10H4ClFO3S. The van der Waals surface area contributed by atoms with E-state index in [0.29, 0.717) is 4.70 Å². The number of hydrogen-bond acceptors (Lipinski definition) is 3. The molecule has 0 aliphatic carbocycles. The molecule has 0 aliphatic rings. The Hall–Kier alpha value is -1.46. The van der Waals surface area contributed by atoms with Crippen LogP contribution < -0.4 is 5.43 Å². The van der Waals surface area contributed by atoms with E-state index in [1.165, 1.54) is 11.4 Å². The van der Waals surface area contributed by atoms with Gasteiger partial charge in [-0.25, -0.2) is 9.18 Å². The van der Waals surface area contributed by atoms with E-state index < -0.39 is 17.2 Å². The number of carboxylic acids is 1. The molecule has 1 heterocycles. The summed E-state index contributed by atoms with van der Waals surface area (Å²) in [5, 5.41) is 9.90. The van der Waals surface area contributed by atoms with Crippen LogP contribution in [0.2, 0.25) is 5.02 Å². The van der Waals surface area contributed by atoms with Gasteiger partial charge >= 0.3 is 5.97 Å². The van der Waals surface area contributed by atoms with E-state index >= 15 is 0 Å². The molecule has 2 aromatic rings. The summed E-state index contributed by atoms with van der Waals surface area (Å²) in [7, 11) is 0. The third-order valence-electron chi connectivity index (χ3n) is 2.05. The molecule has 0 saturated carbocycles. The van der Waals surface area contributed by atoms with Gasteiger partial charge in [-0.05, 0) is 12.1 Å². The van der Waals surface area contributed by atoms with Crippen LogP contribution in [0, 0.1) is 5.82 Å². The molecule has 1 aromatic carbocycles. The molecule has 0 saturated heterocycles. The largest absolute Gasteiger partial charge is 0.478 e. The maximum Gasteiger partial charge on any atom is 0.340 e. The first-order valence-electron chi connectivity index (χ1n) is 4.14. The number of carbonyl (C=O) groups is 1. The highest BCUT2D eigenvalue weighted by molar-refractivity contribution is 7.16. The van der Waals surface area contributed by atoms with Crippen LogP contribution in [-0.4, -0.2) is 11.1 Å². The summed E-state index contributed by atoms with van der Waals surface area (Å²) in [6.45, 7) is 0. The van der Waals surface area contributed by atoms with E-state index in [-0.39, 0.29) is 16.0 Å². The minimum atomic E-state index is -1.32. The van der Waals surface area contributed by atoms with E-state index in [0.717, 1.165) is 17.4 Å². The average Bonchev–Trinajstić information content (AvgIpc) is 2.21. The highest BCUT2D eigenvalue weighted by atomic mass is 35.5. The van der Waals surface area contributed by atoms with Crippen LogP contribution in [-0.2, 0) is 0 Å². The lowest BCUT2D eigenvalue weighted by atomic mass is 10.2. The third-order valence-corrected chi connectivity index (χ3v) is 3.28. The van der Waals surface area contributed by atoms with E-state index in [4.69, 9.17) is 16.7 Å². The van der Waals surface area contributed by atoms with Gasteiger partial charge < -0.3 is 5.11 Å². The van der Waals surface area contributed by atoms with Crippen molar-refractivity contribution in [3.63, 3.8) is 0 Å². The molecule has 82 valence electrons. The Bertz CT molecular complexity index is 650. The smallest absolute Gasteiger partial charge is 0.340 e. The second-order valence-corrected chi connectivity index (χ2v) is 4.36. The highest BCUT2D eigenvalue weighted by Crippen LogP contribution is 2.24. The molecule has 0 aliphatic heterocycles. The molecule has 1 N–H and O–H groups in total. The number of halogens is 2. The van der Waals surface area contributed by atoms with Gasteiger partial charge in [0, 0.05) is 15.5 Å². The highest BCUT2D eigenvalue weighted by Gasteiger charge is 2.13. The molecule has 0 radical (unpaired) electrons. The van der Waals surface area contributed by atoms with Crippen molar-refractivity contribution in [1.29, 1.82) is 0 Å². The Morgan fingerprint density at radius 2 is 2.12 bits per heavy atom. The summed E-state index contributed by atoms with van der Waals surface area (Å²) in [6, 6.07) is 2.27. The van der Waals surface area contributed by atoms with Crippen LogP contribution in [0.5, 0.6) is 0 Å². The Morgan fingerprint density at radius 3 is 2.75 bits per heavy atom. The normalized spacial score (nSPS) is 10.6. The van der Waals surface area contributed by atoms with Crippen molar-refractivity contribution in [2.24, 2.45) is 0 Å². The van der Waals surface area contributed by atoms with Crippen molar-refractivity contribution in [1.82, 2.24) is 0 Å². The molecule has 0 atom stereocenters. The maximum absolute atomic E-state index is 13.1. The molecule has 1 aromatic heterocycles. The van der Waals surface area contributed by atoms with Crippen molar-refractivity contribution >= 4 is 39.0 Å². The molecule has 3 nitrogen and oxygen atoms in total. The van der Waals surface area contributed by atoms with Gasteiger partial charge in [-0.3, -0.25) is 4.79 Å². The lowest BCUT2D eigenvalue weighted by molar-refractivity contribution is 0.0696. The summed E-state index contributed by atoms with van der Waals surface area (Å²) in [4.78, 5) is 22.4. The summed E-state index contributed by atoms with van der Waals surface area (Å²) >= 11 is 6.59. The van der Waals surface area contributed by atoms with Gasteiger partial charge in [0.1, 0.15) is 11.4 Å². The number of fused-ring (bicyclic) bond motifs is 1. The number of rotatable bonds is 1. The second-order valence-electron chi connectivity index (χ2n) is 3.05. The Morgan fingerprint density at radius 1 is 1.44 bits per heavy atom. The fourth-order valence-electron chi connectivity index (χ4n) is 1.27. The lowest BCUT2D eigenvalue weighted by Crippen LogP contribution is -2.13. The lowest BCUT2D eigenvalue weighted by Gasteiger charge is -2.00. The number of benzene rings is 1. The van der Waals surface area contributed by atoms with E-state index in [9.17, 15) is 14.0 Å². The van der Waals surface area contributed by atoms with Crippen molar-refractivity contribution in [2.45, 2.75) is 0 Å². The number of hydrogen-bond donors (Lipinski definition) is 1. The minimum absolute atomic E-state index is 0.0341. The first kappa shape index (κ1) is 11.0. The summed E-state index contributed by atoms with van der Waals surface area (Å²) < 4.78 is 13.6. The Balaban J connectivity index is 2.90. The zero-order valence-corrected chi connectivity index (χ0v) is 9.23. The topological polar surface area (TPSA) is 54.4 Å². The van der Waals surface area contributed by atoms with Crippen molar-refractivity contribution in [2.75, 3.05) is 0 Å². The second kappa shape index (κ2) is 3.84. The third kappa shape index (κ3) is 1.68. The van der Waals surface area contributed by atoms with Gasteiger partial charge in [-0.1, -0.05) is 11.6 Å². The summed E-state index contributed by atoms with van der Waals surface area (Å²) in [5.74, 6) is -2.06. The maximum atomic E-state index is 13.1. The van der Waals surface area contributed by atoms with Crippen LogP contribution in [0.1, 0.15) is 10.4 Å². The summed E-state index contributed by atoms with van der Waals surface area (Å²) in [5.41, 5.74) is -1.06. The Kier molecular flexibility index (Phi) is 2.65. The van der Waals surface area contributed by atoms with Crippen LogP contribution in [0.4, 0.5) is 4.39 Å². The van der Waals surface area contributed by atoms with Crippen LogP contribution >= 0.6 is 22.9 Å². The molecule has 0 fully saturated rings. The minimum Gasteiger partial charge on any atom is -0.478 e.